The first kappa shape index (κ1) is 22.1. The Kier molecular flexibility index (Phi) is 7.70. The quantitative estimate of drug-likeness (QED) is 0.710. The highest BCUT2D eigenvalue weighted by molar-refractivity contribution is 5.94. The number of para-hydroxylation sites is 1. The lowest BCUT2D eigenvalue weighted by atomic mass is 10.1. The number of benzene rings is 2. The Hall–Kier alpha value is -2.58. The number of hydrogen-bond donors (Lipinski definition) is 1. The summed E-state index contributed by atoms with van der Waals surface area (Å²) in [6, 6.07) is 16.7. The molecule has 2 aromatic carbocycles. The predicted molar refractivity (Wildman–Crippen MR) is 110 cm³/mol. The second-order valence-corrected chi connectivity index (χ2v) is 7.23. The monoisotopic (exact) mass is 421 g/mol. The Labute approximate surface area is 174 Å². The molecule has 0 saturated carbocycles. The van der Waals surface area contributed by atoms with Crippen LogP contribution in [0.5, 0.6) is 0 Å². The number of rotatable bonds is 8. The fraction of sp³-hybridized carbons (Fsp3) is 0.409. The third kappa shape index (κ3) is 7.03. The molecule has 8 heteroatoms. The van der Waals surface area contributed by atoms with Gasteiger partial charge >= 0.3 is 6.18 Å². The molecule has 1 fully saturated rings. The zero-order chi connectivity index (χ0) is 21.4. The lowest BCUT2D eigenvalue weighted by molar-refractivity contribution is -0.176. The Morgan fingerprint density at radius 3 is 2.27 bits per heavy atom. The smallest absolute Gasteiger partial charge is 0.369 e. The number of alkyl halides is 3. The minimum atomic E-state index is -4.34. The standard InChI is InChI=1S/C22H26F3N3O2/c23-22(24,25)17-30-16-18-6-8-19(9-7-18)21(29)26-10-11-27-12-14-28(15-13-27)20-4-2-1-3-5-20/h1-9H,10-17H2,(H,26,29). The van der Waals surface area contributed by atoms with E-state index in [0.29, 0.717) is 17.7 Å². The maximum absolute atomic E-state index is 12.3. The summed E-state index contributed by atoms with van der Waals surface area (Å²) in [5.41, 5.74) is 2.30. The summed E-state index contributed by atoms with van der Waals surface area (Å²) >= 11 is 0. The van der Waals surface area contributed by atoms with Crippen LogP contribution in [0.25, 0.3) is 0 Å². The van der Waals surface area contributed by atoms with Crippen molar-refractivity contribution in [2.24, 2.45) is 0 Å². The number of halogens is 3. The second-order valence-electron chi connectivity index (χ2n) is 7.23. The molecule has 1 heterocycles. The molecular formula is C22H26F3N3O2. The summed E-state index contributed by atoms with van der Waals surface area (Å²) < 4.78 is 40.9. The predicted octanol–water partition coefficient (Wildman–Crippen LogP) is 3.32. The van der Waals surface area contributed by atoms with Crippen LogP contribution in [0.15, 0.2) is 54.6 Å². The van der Waals surface area contributed by atoms with Crippen molar-refractivity contribution in [3.8, 4) is 0 Å². The van der Waals surface area contributed by atoms with Gasteiger partial charge in [-0.15, -0.1) is 0 Å². The average molecular weight is 421 g/mol. The lowest BCUT2D eigenvalue weighted by Gasteiger charge is -2.36. The van der Waals surface area contributed by atoms with Crippen LogP contribution in [0.1, 0.15) is 15.9 Å². The largest absolute Gasteiger partial charge is 0.411 e. The number of carbonyl (C=O) groups is 1. The summed E-state index contributed by atoms with van der Waals surface area (Å²) in [6.45, 7) is 3.68. The van der Waals surface area contributed by atoms with E-state index in [2.05, 4.69) is 32.0 Å². The SMILES string of the molecule is O=C(NCCN1CCN(c2ccccc2)CC1)c1ccc(COCC(F)(F)F)cc1. The van der Waals surface area contributed by atoms with E-state index in [0.717, 1.165) is 32.7 Å². The Morgan fingerprint density at radius 2 is 1.63 bits per heavy atom. The van der Waals surface area contributed by atoms with Gasteiger partial charge in [0.1, 0.15) is 6.61 Å². The van der Waals surface area contributed by atoms with Crippen molar-refractivity contribution >= 4 is 11.6 Å². The van der Waals surface area contributed by atoms with Gasteiger partial charge in [-0.25, -0.2) is 0 Å². The van der Waals surface area contributed by atoms with Crippen molar-refractivity contribution in [1.82, 2.24) is 10.2 Å². The molecule has 0 unspecified atom stereocenters. The molecule has 1 N–H and O–H groups in total. The van der Waals surface area contributed by atoms with Crippen LogP contribution >= 0.6 is 0 Å². The van der Waals surface area contributed by atoms with Gasteiger partial charge in [0.05, 0.1) is 6.61 Å². The molecule has 1 amide bonds. The van der Waals surface area contributed by atoms with Crippen LogP contribution in [0.3, 0.4) is 0 Å². The van der Waals surface area contributed by atoms with Crippen molar-refractivity contribution < 1.29 is 22.7 Å². The summed E-state index contributed by atoms with van der Waals surface area (Å²) in [7, 11) is 0. The molecular weight excluding hydrogens is 395 g/mol. The van der Waals surface area contributed by atoms with Crippen molar-refractivity contribution in [2.45, 2.75) is 12.8 Å². The van der Waals surface area contributed by atoms with Crippen molar-refractivity contribution in [3.63, 3.8) is 0 Å². The van der Waals surface area contributed by atoms with E-state index in [4.69, 9.17) is 0 Å². The molecule has 5 nitrogen and oxygen atoms in total. The van der Waals surface area contributed by atoms with Gasteiger partial charge in [-0.3, -0.25) is 9.69 Å². The Morgan fingerprint density at radius 1 is 0.967 bits per heavy atom. The Balaban J connectivity index is 1.35. The van der Waals surface area contributed by atoms with E-state index in [9.17, 15) is 18.0 Å². The number of piperazine rings is 1. The molecule has 1 saturated heterocycles. The number of carbonyl (C=O) groups excluding carboxylic acids is 1. The molecule has 0 atom stereocenters. The maximum Gasteiger partial charge on any atom is 0.411 e. The van der Waals surface area contributed by atoms with Gasteiger partial charge < -0.3 is 15.0 Å². The van der Waals surface area contributed by atoms with Gasteiger partial charge in [-0.1, -0.05) is 30.3 Å². The molecule has 3 rings (SSSR count). The summed E-state index contributed by atoms with van der Waals surface area (Å²) in [6.07, 6.45) is -4.34. The molecule has 0 bridgehead atoms. The highest BCUT2D eigenvalue weighted by Crippen LogP contribution is 2.16. The number of anilines is 1. The summed E-state index contributed by atoms with van der Waals surface area (Å²) in [4.78, 5) is 16.9. The van der Waals surface area contributed by atoms with E-state index in [-0.39, 0.29) is 12.5 Å². The molecule has 2 aromatic rings. The van der Waals surface area contributed by atoms with Crippen LogP contribution in [0.2, 0.25) is 0 Å². The molecule has 30 heavy (non-hydrogen) atoms. The average Bonchev–Trinajstić information content (AvgIpc) is 2.74. The zero-order valence-corrected chi connectivity index (χ0v) is 16.7. The van der Waals surface area contributed by atoms with E-state index in [1.54, 1.807) is 24.3 Å². The molecule has 0 radical (unpaired) electrons. The maximum atomic E-state index is 12.3. The third-order valence-electron chi connectivity index (χ3n) is 4.96. The van der Waals surface area contributed by atoms with Crippen molar-refractivity contribution in [1.29, 1.82) is 0 Å². The molecule has 1 aliphatic rings. The summed E-state index contributed by atoms with van der Waals surface area (Å²) in [5, 5.41) is 2.90. The minimum Gasteiger partial charge on any atom is -0.369 e. The Bertz CT molecular complexity index is 790. The van der Waals surface area contributed by atoms with Crippen LogP contribution in [-0.2, 0) is 11.3 Å². The van der Waals surface area contributed by atoms with Crippen LogP contribution < -0.4 is 10.2 Å². The van der Waals surface area contributed by atoms with Gasteiger partial charge in [0.25, 0.3) is 5.91 Å². The first-order valence-electron chi connectivity index (χ1n) is 9.95. The first-order valence-corrected chi connectivity index (χ1v) is 9.95. The number of nitrogens with one attached hydrogen (secondary N) is 1. The molecule has 0 aromatic heterocycles. The number of amides is 1. The van der Waals surface area contributed by atoms with Gasteiger partial charge in [0.15, 0.2) is 0 Å². The van der Waals surface area contributed by atoms with E-state index >= 15 is 0 Å². The van der Waals surface area contributed by atoms with E-state index in [1.807, 2.05) is 18.2 Å². The highest BCUT2D eigenvalue weighted by Gasteiger charge is 2.27. The molecule has 0 spiro atoms. The minimum absolute atomic E-state index is 0.142. The highest BCUT2D eigenvalue weighted by atomic mass is 19.4. The van der Waals surface area contributed by atoms with Crippen LogP contribution in [0.4, 0.5) is 18.9 Å². The zero-order valence-electron chi connectivity index (χ0n) is 16.7. The van der Waals surface area contributed by atoms with Crippen LogP contribution in [-0.4, -0.2) is 62.9 Å². The van der Waals surface area contributed by atoms with Crippen molar-refractivity contribution in [3.05, 3.63) is 65.7 Å². The van der Waals surface area contributed by atoms with Gasteiger partial charge in [0.2, 0.25) is 0 Å². The van der Waals surface area contributed by atoms with E-state index in [1.165, 1.54) is 5.69 Å². The second kappa shape index (κ2) is 10.4. The van der Waals surface area contributed by atoms with Gasteiger partial charge in [-0.2, -0.15) is 13.2 Å². The van der Waals surface area contributed by atoms with E-state index < -0.39 is 12.8 Å². The van der Waals surface area contributed by atoms with Gasteiger partial charge in [0, 0.05) is 50.5 Å². The molecule has 1 aliphatic heterocycles. The number of nitrogens with zero attached hydrogens (tertiary/aromatic N) is 2. The van der Waals surface area contributed by atoms with Crippen LogP contribution in [0, 0.1) is 0 Å². The van der Waals surface area contributed by atoms with Gasteiger partial charge in [-0.05, 0) is 29.8 Å². The summed E-state index contributed by atoms with van der Waals surface area (Å²) in [5.74, 6) is -0.194. The topological polar surface area (TPSA) is 44.8 Å². The number of ether oxygens (including phenoxy) is 1. The molecule has 162 valence electrons. The third-order valence-corrected chi connectivity index (χ3v) is 4.96. The molecule has 0 aliphatic carbocycles. The lowest BCUT2D eigenvalue weighted by Crippen LogP contribution is -2.48. The number of hydrogen-bond acceptors (Lipinski definition) is 4. The fourth-order valence-electron chi connectivity index (χ4n) is 3.34. The first-order chi connectivity index (χ1) is 14.4. The fourth-order valence-corrected chi connectivity index (χ4v) is 3.34. The van der Waals surface area contributed by atoms with Crippen molar-refractivity contribution in [2.75, 3.05) is 50.8 Å². The normalized spacial score (nSPS) is 15.2.